The van der Waals surface area contributed by atoms with Crippen molar-refractivity contribution in [1.82, 2.24) is 25.0 Å². The van der Waals surface area contributed by atoms with Gasteiger partial charge in [-0.15, -0.1) is 0 Å². The second kappa shape index (κ2) is 6.89. The minimum atomic E-state index is -0.541. The van der Waals surface area contributed by atoms with Crippen molar-refractivity contribution < 1.29 is 9.59 Å². The van der Waals surface area contributed by atoms with Crippen LogP contribution in [0.25, 0.3) is 10.9 Å². The summed E-state index contributed by atoms with van der Waals surface area (Å²) in [5.41, 5.74) is 5.21. The number of nitrogens with zero attached hydrogens (tertiary/aromatic N) is 3. The van der Waals surface area contributed by atoms with E-state index in [-0.39, 0.29) is 12.1 Å². The van der Waals surface area contributed by atoms with Crippen molar-refractivity contribution in [2.75, 3.05) is 0 Å². The van der Waals surface area contributed by atoms with Crippen LogP contribution in [0, 0.1) is 0 Å². The Hall–Kier alpha value is -2.94. The molecule has 0 radical (unpaired) electrons. The Labute approximate surface area is 150 Å². The van der Waals surface area contributed by atoms with Crippen molar-refractivity contribution in [3.05, 3.63) is 63.4 Å². The maximum absolute atomic E-state index is 12.3. The van der Waals surface area contributed by atoms with Crippen molar-refractivity contribution in [2.24, 2.45) is 7.05 Å². The van der Waals surface area contributed by atoms with Gasteiger partial charge < -0.3 is 4.57 Å². The standard InChI is InChI=1S/C16H14BrN5O3/c1-21-7-10(17)6-13(21)15(24)20-19-14(23)8-22-9-18-12-5-3-2-4-11(12)16(22)25/h2-7,9H,8H2,1H3,(H,19,23)(H,20,24). The lowest BCUT2D eigenvalue weighted by Crippen LogP contribution is -2.44. The van der Waals surface area contributed by atoms with Crippen LogP contribution in [-0.4, -0.2) is 25.9 Å². The van der Waals surface area contributed by atoms with E-state index in [0.717, 1.165) is 4.47 Å². The summed E-state index contributed by atoms with van der Waals surface area (Å²) < 4.78 is 3.55. The third-order valence-electron chi connectivity index (χ3n) is 3.57. The zero-order valence-corrected chi connectivity index (χ0v) is 14.8. The third-order valence-corrected chi connectivity index (χ3v) is 4.00. The average molecular weight is 404 g/mol. The number of aromatic nitrogens is 3. The van der Waals surface area contributed by atoms with E-state index in [1.807, 2.05) is 0 Å². The molecule has 0 spiro atoms. The number of hydrazine groups is 1. The van der Waals surface area contributed by atoms with E-state index in [0.29, 0.717) is 16.6 Å². The molecule has 2 N–H and O–H groups in total. The van der Waals surface area contributed by atoms with E-state index in [1.165, 1.54) is 10.9 Å². The van der Waals surface area contributed by atoms with Crippen LogP contribution in [-0.2, 0) is 18.4 Å². The Morgan fingerprint density at radius 1 is 1.24 bits per heavy atom. The maximum Gasteiger partial charge on any atom is 0.286 e. The minimum absolute atomic E-state index is 0.256. The topological polar surface area (TPSA) is 98.0 Å². The van der Waals surface area contributed by atoms with Crippen molar-refractivity contribution in [2.45, 2.75) is 6.54 Å². The highest BCUT2D eigenvalue weighted by Crippen LogP contribution is 2.13. The summed E-state index contributed by atoms with van der Waals surface area (Å²) in [6.07, 6.45) is 3.03. The number of nitrogens with one attached hydrogen (secondary N) is 2. The lowest BCUT2D eigenvalue weighted by Gasteiger charge is -2.09. The molecule has 9 heteroatoms. The van der Waals surface area contributed by atoms with Gasteiger partial charge in [-0.3, -0.25) is 29.8 Å². The summed E-state index contributed by atoms with van der Waals surface area (Å²) >= 11 is 3.27. The highest BCUT2D eigenvalue weighted by molar-refractivity contribution is 9.10. The first-order valence-corrected chi connectivity index (χ1v) is 8.10. The third kappa shape index (κ3) is 3.61. The van der Waals surface area contributed by atoms with Crippen LogP contribution in [0.2, 0.25) is 0 Å². The molecular formula is C16H14BrN5O3. The molecule has 128 valence electrons. The average Bonchev–Trinajstić information content (AvgIpc) is 2.94. The van der Waals surface area contributed by atoms with Crippen molar-refractivity contribution in [3.8, 4) is 0 Å². The van der Waals surface area contributed by atoms with Crippen LogP contribution in [0.1, 0.15) is 10.5 Å². The molecule has 8 nitrogen and oxygen atoms in total. The summed E-state index contributed by atoms with van der Waals surface area (Å²) in [5.74, 6) is -1.01. The van der Waals surface area contributed by atoms with E-state index in [9.17, 15) is 14.4 Å². The molecule has 1 aromatic carbocycles. The van der Waals surface area contributed by atoms with Gasteiger partial charge in [-0.05, 0) is 34.1 Å². The van der Waals surface area contributed by atoms with Crippen molar-refractivity contribution >= 4 is 38.6 Å². The van der Waals surface area contributed by atoms with Crippen LogP contribution in [0.15, 0.2) is 52.1 Å². The van der Waals surface area contributed by atoms with Gasteiger partial charge in [0.25, 0.3) is 17.4 Å². The van der Waals surface area contributed by atoms with Gasteiger partial charge in [0.15, 0.2) is 0 Å². The van der Waals surface area contributed by atoms with Crippen LogP contribution >= 0.6 is 15.9 Å². The molecule has 2 aromatic heterocycles. The second-order valence-electron chi connectivity index (χ2n) is 5.35. The van der Waals surface area contributed by atoms with Crippen LogP contribution in [0.4, 0.5) is 0 Å². The number of carbonyl (C=O) groups excluding carboxylic acids is 2. The number of aryl methyl sites for hydroxylation is 1. The summed E-state index contributed by atoms with van der Waals surface area (Å²) in [6, 6.07) is 8.50. The summed E-state index contributed by atoms with van der Waals surface area (Å²) in [7, 11) is 1.71. The fourth-order valence-corrected chi connectivity index (χ4v) is 2.88. The van der Waals surface area contributed by atoms with E-state index >= 15 is 0 Å². The van der Waals surface area contributed by atoms with Crippen LogP contribution in [0.5, 0.6) is 0 Å². The number of benzene rings is 1. The Kier molecular flexibility index (Phi) is 4.66. The number of amides is 2. The quantitative estimate of drug-likeness (QED) is 0.636. The molecule has 2 amide bonds. The SMILES string of the molecule is Cn1cc(Br)cc1C(=O)NNC(=O)Cn1cnc2ccccc2c1=O. The lowest BCUT2D eigenvalue weighted by atomic mass is 10.2. The van der Waals surface area contributed by atoms with E-state index in [2.05, 4.69) is 31.8 Å². The molecule has 0 bridgehead atoms. The number of rotatable bonds is 3. The normalized spacial score (nSPS) is 10.6. The van der Waals surface area contributed by atoms with Crippen LogP contribution in [0.3, 0.4) is 0 Å². The Morgan fingerprint density at radius 2 is 2.00 bits per heavy atom. The summed E-state index contributed by atoms with van der Waals surface area (Å²) in [4.78, 5) is 40.5. The molecule has 0 atom stereocenters. The molecule has 0 aliphatic rings. The Morgan fingerprint density at radius 3 is 2.72 bits per heavy atom. The summed E-state index contributed by atoms with van der Waals surface area (Å²) in [5, 5.41) is 0.426. The van der Waals surface area contributed by atoms with Gasteiger partial charge in [0.2, 0.25) is 0 Å². The number of carbonyl (C=O) groups is 2. The van der Waals surface area contributed by atoms with E-state index in [1.54, 1.807) is 48.1 Å². The Bertz CT molecular complexity index is 1020. The predicted molar refractivity (Wildman–Crippen MR) is 94.7 cm³/mol. The van der Waals surface area contributed by atoms with Gasteiger partial charge in [-0.1, -0.05) is 12.1 Å². The molecule has 3 rings (SSSR count). The molecule has 3 aromatic rings. The molecule has 0 aliphatic heterocycles. The highest BCUT2D eigenvalue weighted by Gasteiger charge is 2.13. The van der Waals surface area contributed by atoms with Gasteiger partial charge in [-0.2, -0.15) is 0 Å². The first-order chi connectivity index (χ1) is 12.0. The maximum atomic E-state index is 12.3. The lowest BCUT2D eigenvalue weighted by molar-refractivity contribution is -0.122. The van der Waals surface area contributed by atoms with E-state index < -0.39 is 11.8 Å². The number of hydrogen-bond donors (Lipinski definition) is 2. The first kappa shape index (κ1) is 16.9. The predicted octanol–water partition coefficient (Wildman–Crippen LogP) is 0.959. The van der Waals surface area contributed by atoms with Gasteiger partial charge in [-0.25, -0.2) is 4.98 Å². The molecule has 0 saturated carbocycles. The molecule has 0 aliphatic carbocycles. The number of para-hydroxylation sites is 1. The van der Waals surface area contributed by atoms with Gasteiger partial charge >= 0.3 is 0 Å². The fourth-order valence-electron chi connectivity index (χ4n) is 2.35. The van der Waals surface area contributed by atoms with Gasteiger partial charge in [0.05, 0.1) is 17.2 Å². The zero-order valence-electron chi connectivity index (χ0n) is 13.2. The largest absolute Gasteiger partial charge is 0.345 e. The molecule has 0 unspecified atom stereocenters. The number of halogens is 1. The molecular weight excluding hydrogens is 390 g/mol. The van der Waals surface area contributed by atoms with Crippen molar-refractivity contribution in [1.29, 1.82) is 0 Å². The highest BCUT2D eigenvalue weighted by atomic mass is 79.9. The van der Waals surface area contributed by atoms with Crippen LogP contribution < -0.4 is 16.4 Å². The Balaban J connectivity index is 1.67. The molecule has 0 saturated heterocycles. The minimum Gasteiger partial charge on any atom is -0.345 e. The zero-order chi connectivity index (χ0) is 18.0. The number of fused-ring (bicyclic) bond motifs is 1. The monoisotopic (exact) mass is 403 g/mol. The molecule has 0 fully saturated rings. The molecule has 25 heavy (non-hydrogen) atoms. The molecule has 2 heterocycles. The van der Waals surface area contributed by atoms with Crippen molar-refractivity contribution in [3.63, 3.8) is 0 Å². The fraction of sp³-hybridized carbons (Fsp3) is 0.125. The van der Waals surface area contributed by atoms with E-state index in [4.69, 9.17) is 0 Å². The van der Waals surface area contributed by atoms with Gasteiger partial charge in [0, 0.05) is 17.7 Å². The second-order valence-corrected chi connectivity index (χ2v) is 6.27. The van der Waals surface area contributed by atoms with Gasteiger partial charge in [0.1, 0.15) is 12.2 Å². The number of hydrogen-bond acceptors (Lipinski definition) is 4. The first-order valence-electron chi connectivity index (χ1n) is 7.31. The smallest absolute Gasteiger partial charge is 0.286 e. The summed E-state index contributed by atoms with van der Waals surface area (Å²) in [6.45, 7) is -0.256.